The number of piperazine rings is 1. The van der Waals surface area contributed by atoms with Crippen molar-refractivity contribution in [2.45, 2.75) is 26.3 Å². The second-order valence-electron chi connectivity index (χ2n) is 8.58. The van der Waals surface area contributed by atoms with E-state index in [-0.39, 0.29) is 23.5 Å². The summed E-state index contributed by atoms with van der Waals surface area (Å²) < 4.78 is 25.7. The highest BCUT2D eigenvalue weighted by atomic mass is 32.2. The molecule has 9 heteroatoms. The van der Waals surface area contributed by atoms with E-state index in [1.54, 1.807) is 0 Å². The van der Waals surface area contributed by atoms with Crippen LogP contribution in [0.3, 0.4) is 0 Å². The number of nitrogens with one attached hydrogen (secondary N) is 1. The fraction of sp³-hybridized carbons (Fsp3) is 0.455. The molecule has 0 radical (unpaired) electrons. The van der Waals surface area contributed by atoms with E-state index in [0.717, 1.165) is 41.1 Å². The quantitative estimate of drug-likeness (QED) is 0.674. The number of anilines is 1. The largest absolute Gasteiger partial charge is 0.365 e. The van der Waals surface area contributed by atoms with Gasteiger partial charge in [-0.1, -0.05) is 6.07 Å². The summed E-state index contributed by atoms with van der Waals surface area (Å²) in [5.74, 6) is 0.457. The summed E-state index contributed by atoms with van der Waals surface area (Å²) in [4.78, 5) is 20.3. The molecule has 3 aromatic rings. The van der Waals surface area contributed by atoms with Gasteiger partial charge in [0.15, 0.2) is 9.84 Å². The van der Waals surface area contributed by atoms with Crippen LogP contribution in [0.15, 0.2) is 30.5 Å². The van der Waals surface area contributed by atoms with Gasteiger partial charge in [0, 0.05) is 43.5 Å². The molecule has 2 aromatic heterocycles. The van der Waals surface area contributed by atoms with Crippen molar-refractivity contribution >= 4 is 32.3 Å². The minimum atomic E-state index is -2.96. The van der Waals surface area contributed by atoms with Gasteiger partial charge in [0.05, 0.1) is 34.6 Å². The number of carbonyl (C=O) groups excluding carboxylic acids is 1. The number of hydrogen-bond donors (Lipinski definition) is 1. The first-order chi connectivity index (χ1) is 14.8. The van der Waals surface area contributed by atoms with Crippen LogP contribution in [0.4, 0.5) is 5.69 Å². The van der Waals surface area contributed by atoms with Crippen LogP contribution in [0, 0.1) is 13.8 Å². The van der Waals surface area contributed by atoms with Gasteiger partial charge < -0.3 is 14.8 Å². The maximum atomic E-state index is 13.0. The lowest BCUT2D eigenvalue weighted by atomic mass is 10.1. The van der Waals surface area contributed by atoms with Crippen LogP contribution >= 0.6 is 0 Å². The molecule has 2 fully saturated rings. The molecular formula is C22H27N5O3S. The SMILES string of the molecule is Cc1nn(C2CCS(=O)(=O)C2)c(C)c1N1CCN(C(=O)c2ccc3cc[nH]c3c2)CC1. The topological polar surface area (TPSA) is 91.3 Å². The van der Waals surface area contributed by atoms with Crippen molar-refractivity contribution in [2.24, 2.45) is 0 Å². The third-order valence-corrected chi connectivity index (χ3v) is 8.28. The second-order valence-corrected chi connectivity index (χ2v) is 10.8. The lowest BCUT2D eigenvalue weighted by Gasteiger charge is -2.36. The van der Waals surface area contributed by atoms with Crippen molar-refractivity contribution in [1.29, 1.82) is 0 Å². The number of aryl methyl sites for hydroxylation is 1. The number of nitrogens with zero attached hydrogens (tertiary/aromatic N) is 4. The van der Waals surface area contributed by atoms with Crippen LogP contribution < -0.4 is 4.90 Å². The molecule has 4 heterocycles. The molecule has 1 atom stereocenters. The van der Waals surface area contributed by atoms with E-state index >= 15 is 0 Å². The Morgan fingerprint density at radius 2 is 1.90 bits per heavy atom. The molecule has 31 heavy (non-hydrogen) atoms. The zero-order valence-electron chi connectivity index (χ0n) is 17.8. The minimum absolute atomic E-state index is 0.0523. The van der Waals surface area contributed by atoms with Gasteiger partial charge in [-0.05, 0) is 43.9 Å². The van der Waals surface area contributed by atoms with E-state index in [4.69, 9.17) is 0 Å². The Hall–Kier alpha value is -2.81. The molecule has 8 nitrogen and oxygen atoms in total. The van der Waals surface area contributed by atoms with Gasteiger partial charge in [0.1, 0.15) is 0 Å². The molecule has 164 valence electrons. The Balaban J connectivity index is 1.30. The Morgan fingerprint density at radius 3 is 2.61 bits per heavy atom. The maximum absolute atomic E-state index is 13.0. The number of carbonyl (C=O) groups is 1. The Bertz CT molecular complexity index is 1250. The molecule has 1 N–H and O–H groups in total. The average molecular weight is 442 g/mol. The van der Waals surface area contributed by atoms with Crippen molar-refractivity contribution in [1.82, 2.24) is 19.7 Å². The standard InChI is InChI=1S/C22H27N5O3S/c1-15-21(16(2)27(24-15)19-6-12-31(29,30)14-19)25-8-10-26(11-9-25)22(28)18-4-3-17-5-7-23-20(17)13-18/h3-5,7,13,19,23H,6,8-12,14H2,1-2H3. The first kappa shape index (κ1) is 20.1. The second kappa shape index (κ2) is 7.40. The van der Waals surface area contributed by atoms with Gasteiger partial charge in [0.2, 0.25) is 0 Å². The van der Waals surface area contributed by atoms with Crippen LogP contribution in [-0.4, -0.2) is 71.7 Å². The van der Waals surface area contributed by atoms with E-state index in [1.165, 1.54) is 0 Å². The number of aromatic amines is 1. The molecule has 0 spiro atoms. The number of benzene rings is 1. The molecule has 1 amide bonds. The summed E-state index contributed by atoms with van der Waals surface area (Å²) in [5.41, 5.74) is 4.67. The van der Waals surface area contributed by atoms with E-state index in [1.807, 2.05) is 53.9 Å². The van der Waals surface area contributed by atoms with Crippen molar-refractivity contribution in [3.8, 4) is 0 Å². The van der Waals surface area contributed by atoms with Crippen LogP contribution in [0.2, 0.25) is 0 Å². The molecule has 0 bridgehead atoms. The third-order valence-electron chi connectivity index (χ3n) is 6.53. The maximum Gasteiger partial charge on any atom is 0.254 e. The molecule has 1 aromatic carbocycles. The molecular weight excluding hydrogens is 414 g/mol. The monoisotopic (exact) mass is 441 g/mol. The molecule has 0 aliphatic carbocycles. The molecule has 2 aliphatic heterocycles. The van der Waals surface area contributed by atoms with Gasteiger partial charge in [-0.3, -0.25) is 9.48 Å². The highest BCUT2D eigenvalue weighted by Crippen LogP contribution is 2.32. The summed E-state index contributed by atoms with van der Waals surface area (Å²) in [5, 5.41) is 5.78. The van der Waals surface area contributed by atoms with Gasteiger partial charge >= 0.3 is 0 Å². The van der Waals surface area contributed by atoms with E-state index in [2.05, 4.69) is 15.0 Å². The number of H-pyrrole nitrogens is 1. The first-order valence-electron chi connectivity index (χ1n) is 10.7. The molecule has 2 saturated heterocycles. The highest BCUT2D eigenvalue weighted by molar-refractivity contribution is 7.91. The molecule has 2 aliphatic rings. The molecule has 1 unspecified atom stereocenters. The van der Waals surface area contributed by atoms with Crippen LogP contribution in [0.5, 0.6) is 0 Å². The van der Waals surface area contributed by atoms with Gasteiger partial charge in [-0.15, -0.1) is 0 Å². The van der Waals surface area contributed by atoms with E-state index < -0.39 is 9.84 Å². The fourth-order valence-corrected chi connectivity index (χ4v) is 6.62. The number of rotatable bonds is 3. The zero-order chi connectivity index (χ0) is 21.8. The Labute approximate surface area is 181 Å². The van der Waals surface area contributed by atoms with Crippen LogP contribution in [0.25, 0.3) is 10.9 Å². The Morgan fingerprint density at radius 1 is 1.13 bits per heavy atom. The van der Waals surface area contributed by atoms with E-state index in [0.29, 0.717) is 25.1 Å². The number of amides is 1. The minimum Gasteiger partial charge on any atom is -0.365 e. The normalized spacial score (nSPS) is 21.2. The van der Waals surface area contributed by atoms with Gasteiger partial charge in [-0.2, -0.15) is 5.10 Å². The third kappa shape index (κ3) is 3.60. The van der Waals surface area contributed by atoms with Gasteiger partial charge in [-0.25, -0.2) is 8.42 Å². The lowest BCUT2D eigenvalue weighted by molar-refractivity contribution is 0.0747. The number of fused-ring (bicyclic) bond motifs is 1. The summed E-state index contributed by atoms with van der Waals surface area (Å²) in [6, 6.07) is 7.69. The Kier molecular flexibility index (Phi) is 4.80. The summed E-state index contributed by atoms with van der Waals surface area (Å²) in [7, 11) is -2.96. The average Bonchev–Trinajstić information content (AvgIpc) is 3.44. The first-order valence-corrected chi connectivity index (χ1v) is 12.5. The number of hydrogen-bond acceptors (Lipinski definition) is 5. The van der Waals surface area contributed by atoms with Crippen molar-refractivity contribution in [2.75, 3.05) is 42.6 Å². The van der Waals surface area contributed by atoms with Crippen molar-refractivity contribution < 1.29 is 13.2 Å². The summed E-state index contributed by atoms with van der Waals surface area (Å²) in [6.07, 6.45) is 2.50. The predicted molar refractivity (Wildman–Crippen MR) is 120 cm³/mol. The van der Waals surface area contributed by atoms with E-state index in [9.17, 15) is 13.2 Å². The fourth-order valence-electron chi connectivity index (χ4n) is 4.93. The number of aromatic nitrogens is 3. The predicted octanol–water partition coefficient (Wildman–Crippen LogP) is 2.30. The van der Waals surface area contributed by atoms with Gasteiger partial charge in [0.25, 0.3) is 5.91 Å². The highest BCUT2D eigenvalue weighted by Gasteiger charge is 2.33. The number of sulfone groups is 1. The smallest absolute Gasteiger partial charge is 0.254 e. The van der Waals surface area contributed by atoms with Crippen molar-refractivity contribution in [3.63, 3.8) is 0 Å². The van der Waals surface area contributed by atoms with Crippen molar-refractivity contribution in [3.05, 3.63) is 47.4 Å². The molecule has 0 saturated carbocycles. The van der Waals surface area contributed by atoms with Crippen LogP contribution in [-0.2, 0) is 9.84 Å². The summed E-state index contributed by atoms with van der Waals surface area (Å²) >= 11 is 0. The molecule has 5 rings (SSSR count). The van der Waals surface area contributed by atoms with Crippen LogP contribution in [0.1, 0.15) is 34.2 Å². The summed E-state index contributed by atoms with van der Waals surface area (Å²) in [6.45, 7) is 6.74. The lowest BCUT2D eigenvalue weighted by Crippen LogP contribution is -2.49. The zero-order valence-corrected chi connectivity index (χ0v) is 18.7.